The number of fused-ring (bicyclic) bond motifs is 13. The Kier molecular flexibility index (Phi) is 8.30. The first-order chi connectivity index (χ1) is 33.3. The molecule has 0 atom stereocenters. The highest BCUT2D eigenvalue weighted by molar-refractivity contribution is 6.27. The topological polar surface area (TPSA) is 0 Å². The molecule has 1 aliphatic rings. The monoisotopic (exact) mass is 846 g/mol. The fourth-order valence-corrected chi connectivity index (χ4v) is 12.2. The van der Waals surface area contributed by atoms with Gasteiger partial charge in [-0.3, -0.25) is 0 Å². The third-order valence-electron chi connectivity index (χ3n) is 14.9. The van der Waals surface area contributed by atoms with E-state index < -0.39 is 5.41 Å². The van der Waals surface area contributed by atoms with Crippen LogP contribution >= 0.6 is 0 Å². The van der Waals surface area contributed by atoms with Crippen molar-refractivity contribution >= 4 is 64.6 Å². The molecule has 0 aromatic heterocycles. The van der Waals surface area contributed by atoms with Crippen molar-refractivity contribution in [3.05, 3.63) is 277 Å². The van der Waals surface area contributed by atoms with Crippen molar-refractivity contribution in [1.29, 1.82) is 0 Å². The number of hydrogen-bond donors (Lipinski definition) is 0. The lowest BCUT2D eigenvalue weighted by molar-refractivity contribution is 0.777. The summed E-state index contributed by atoms with van der Waals surface area (Å²) in [6.07, 6.45) is 0. The number of hydrogen-bond acceptors (Lipinski definition) is 0. The molecule has 0 saturated carbocycles. The maximum atomic E-state index is 2.61. The first-order valence-corrected chi connectivity index (χ1v) is 23.4. The molecule has 0 radical (unpaired) electrons. The Balaban J connectivity index is 1.11. The predicted molar refractivity (Wildman–Crippen MR) is 285 cm³/mol. The van der Waals surface area contributed by atoms with E-state index in [-0.39, 0.29) is 0 Å². The molecular weight excluding hydrogens is 805 g/mol. The zero-order valence-corrected chi connectivity index (χ0v) is 36.7. The molecule has 0 saturated heterocycles. The average molecular weight is 847 g/mol. The summed E-state index contributed by atoms with van der Waals surface area (Å²) in [4.78, 5) is 0. The van der Waals surface area contributed by atoms with E-state index in [1.165, 1.54) is 131 Å². The van der Waals surface area contributed by atoms with Crippen molar-refractivity contribution in [2.45, 2.75) is 5.41 Å². The van der Waals surface area contributed by atoms with E-state index >= 15 is 0 Å². The van der Waals surface area contributed by atoms with E-state index in [0.29, 0.717) is 0 Å². The van der Waals surface area contributed by atoms with Gasteiger partial charge in [0.05, 0.1) is 5.41 Å². The van der Waals surface area contributed by atoms with E-state index in [1.807, 2.05) is 0 Å². The molecule has 0 bridgehead atoms. The van der Waals surface area contributed by atoms with Gasteiger partial charge in [-0.15, -0.1) is 0 Å². The van der Waals surface area contributed by atoms with Crippen LogP contribution in [0.3, 0.4) is 0 Å². The average Bonchev–Trinajstić information content (AvgIpc) is 3.73. The Morgan fingerprint density at radius 2 is 0.612 bits per heavy atom. The molecule has 0 heterocycles. The van der Waals surface area contributed by atoms with Crippen molar-refractivity contribution < 1.29 is 0 Å². The summed E-state index contributed by atoms with van der Waals surface area (Å²) in [6.45, 7) is 0. The Morgan fingerprint density at radius 3 is 1.16 bits per heavy atom. The van der Waals surface area contributed by atoms with E-state index in [1.54, 1.807) is 0 Å². The summed E-state index contributed by atoms with van der Waals surface area (Å²) in [5.74, 6) is 0. The first-order valence-electron chi connectivity index (χ1n) is 23.4. The number of rotatable bonds is 5. The van der Waals surface area contributed by atoms with Gasteiger partial charge in [0.1, 0.15) is 0 Å². The maximum Gasteiger partial charge on any atom is 0.0720 e. The van der Waals surface area contributed by atoms with Crippen LogP contribution in [-0.2, 0) is 5.41 Å². The molecule has 14 rings (SSSR count). The molecule has 0 nitrogen and oxygen atoms in total. The van der Waals surface area contributed by atoms with Gasteiger partial charge in [0.2, 0.25) is 0 Å². The summed E-state index contributed by atoms with van der Waals surface area (Å²) in [5.41, 5.74) is 14.7. The summed E-state index contributed by atoms with van der Waals surface area (Å²) < 4.78 is 0. The van der Waals surface area contributed by atoms with Crippen LogP contribution in [0.2, 0.25) is 0 Å². The van der Waals surface area contributed by atoms with Crippen LogP contribution in [-0.4, -0.2) is 0 Å². The predicted octanol–water partition coefficient (Wildman–Crippen LogP) is 18.0. The normalized spacial score (nSPS) is 12.9. The van der Waals surface area contributed by atoms with Crippen molar-refractivity contribution in [2.24, 2.45) is 0 Å². The van der Waals surface area contributed by atoms with Gasteiger partial charge in [0.25, 0.3) is 0 Å². The minimum Gasteiger partial charge on any atom is -0.0622 e. The van der Waals surface area contributed by atoms with E-state index in [0.717, 1.165) is 0 Å². The van der Waals surface area contributed by atoms with Crippen LogP contribution in [0.25, 0.3) is 109 Å². The minimum absolute atomic E-state index is 0.632. The third-order valence-corrected chi connectivity index (χ3v) is 14.9. The minimum atomic E-state index is -0.632. The lowest BCUT2D eigenvalue weighted by atomic mass is 9.66. The smallest absolute Gasteiger partial charge is 0.0622 e. The van der Waals surface area contributed by atoms with Gasteiger partial charge in [-0.25, -0.2) is 0 Å². The maximum absolute atomic E-state index is 2.61. The van der Waals surface area contributed by atoms with E-state index in [4.69, 9.17) is 0 Å². The molecule has 0 fully saturated rings. The molecule has 13 aromatic rings. The van der Waals surface area contributed by atoms with Gasteiger partial charge in [-0.05, 0) is 150 Å². The molecule has 0 amide bonds. The second-order valence-corrected chi connectivity index (χ2v) is 18.2. The van der Waals surface area contributed by atoms with Crippen LogP contribution in [0.5, 0.6) is 0 Å². The largest absolute Gasteiger partial charge is 0.0720 e. The highest BCUT2D eigenvalue weighted by Crippen LogP contribution is 2.63. The fourth-order valence-electron chi connectivity index (χ4n) is 12.2. The molecule has 1 aliphatic carbocycles. The van der Waals surface area contributed by atoms with Crippen LogP contribution < -0.4 is 0 Å². The van der Waals surface area contributed by atoms with Crippen LogP contribution in [0, 0.1) is 0 Å². The Bertz CT molecular complexity index is 4030. The van der Waals surface area contributed by atoms with Crippen LogP contribution in [0.4, 0.5) is 0 Å². The van der Waals surface area contributed by atoms with Crippen LogP contribution in [0.1, 0.15) is 22.3 Å². The second kappa shape index (κ2) is 14.7. The van der Waals surface area contributed by atoms with Gasteiger partial charge >= 0.3 is 0 Å². The molecule has 0 aliphatic heterocycles. The lowest BCUT2D eigenvalue weighted by Gasteiger charge is -2.35. The van der Waals surface area contributed by atoms with Gasteiger partial charge in [0, 0.05) is 0 Å². The highest BCUT2D eigenvalue weighted by atomic mass is 14.5. The Morgan fingerprint density at radius 1 is 0.224 bits per heavy atom. The van der Waals surface area contributed by atoms with Crippen molar-refractivity contribution in [3.63, 3.8) is 0 Å². The Labute approximate surface area is 389 Å². The summed E-state index contributed by atoms with van der Waals surface area (Å²) >= 11 is 0. The van der Waals surface area contributed by atoms with E-state index in [2.05, 4.69) is 255 Å². The van der Waals surface area contributed by atoms with Gasteiger partial charge in [-0.2, -0.15) is 0 Å². The van der Waals surface area contributed by atoms with Crippen LogP contribution in [0.15, 0.2) is 255 Å². The lowest BCUT2D eigenvalue weighted by Crippen LogP contribution is -2.29. The summed E-state index contributed by atoms with van der Waals surface area (Å²) in [6, 6.07) is 95.4. The molecular formula is C67H42. The van der Waals surface area contributed by atoms with Crippen molar-refractivity contribution in [3.8, 4) is 44.5 Å². The molecule has 0 unspecified atom stereocenters. The molecule has 0 N–H and O–H groups in total. The van der Waals surface area contributed by atoms with Gasteiger partial charge in [-0.1, -0.05) is 237 Å². The fraction of sp³-hybridized carbons (Fsp3) is 0.0149. The first kappa shape index (κ1) is 37.8. The van der Waals surface area contributed by atoms with Gasteiger partial charge < -0.3 is 0 Å². The quantitative estimate of drug-likeness (QED) is 0.120. The standard InChI is InChI=1S/C67H42/c1-4-20-43(21-5-1)44-36-37-46-41-47(39-38-45(46)40-44)62-55-31-15-17-33-57(55)63(58-34-18-16-32-56(58)62)60-42-61-64(53-29-13-11-28-52(53)60)65-54-30-14-10-26-50(54)51-27-12-19-35-59(51)66(65)67(61,48-22-6-2-7-23-48)49-24-8-3-9-25-49/h1-42H. The third kappa shape index (κ3) is 5.42. The SMILES string of the molecule is c1ccc(-c2ccc3cc(-c4c5ccccc5c(-c5cc6c(c7ccccc57)-c5c(c7ccccc7c7ccccc57)C6(c5ccccc5)c5ccccc5)c5ccccc45)ccc3c2)cc1. The molecule has 0 heteroatoms. The zero-order chi connectivity index (χ0) is 44.1. The Hall–Kier alpha value is -8.58. The second-order valence-electron chi connectivity index (χ2n) is 18.2. The molecule has 13 aromatic carbocycles. The van der Waals surface area contributed by atoms with Crippen molar-refractivity contribution in [2.75, 3.05) is 0 Å². The van der Waals surface area contributed by atoms with Crippen molar-refractivity contribution in [1.82, 2.24) is 0 Å². The highest BCUT2D eigenvalue weighted by Gasteiger charge is 2.49. The summed E-state index contributed by atoms with van der Waals surface area (Å²) in [5, 5.41) is 15.1. The summed E-state index contributed by atoms with van der Waals surface area (Å²) in [7, 11) is 0. The molecule has 0 spiro atoms. The molecule has 310 valence electrons. The number of benzene rings is 13. The van der Waals surface area contributed by atoms with Gasteiger partial charge in [0.15, 0.2) is 0 Å². The zero-order valence-electron chi connectivity index (χ0n) is 36.7. The molecule has 67 heavy (non-hydrogen) atoms. The van der Waals surface area contributed by atoms with E-state index in [9.17, 15) is 0 Å².